The van der Waals surface area contributed by atoms with Crippen LogP contribution in [-0.2, 0) is 19.2 Å². The second kappa shape index (κ2) is 13.2. The lowest BCUT2D eigenvalue weighted by atomic mass is 9.96. The van der Waals surface area contributed by atoms with Crippen LogP contribution in [0.2, 0.25) is 0 Å². The number of rotatable bonds is 10. The van der Waals surface area contributed by atoms with Gasteiger partial charge >= 0.3 is 23.9 Å². The Kier molecular flexibility index (Phi) is 10.3. The minimum atomic E-state index is -0.649. The first kappa shape index (κ1) is 31.2. The lowest BCUT2D eigenvalue weighted by Gasteiger charge is -2.15. The van der Waals surface area contributed by atoms with Gasteiger partial charge in [0, 0.05) is 34.4 Å². The normalized spacial score (nSPS) is 10.9. The van der Waals surface area contributed by atoms with E-state index in [1.54, 1.807) is 38.1 Å². The quantitative estimate of drug-likeness (QED) is 0.143. The highest BCUT2D eigenvalue weighted by molar-refractivity contribution is 5.94. The van der Waals surface area contributed by atoms with Gasteiger partial charge in [0.05, 0.1) is 0 Å². The van der Waals surface area contributed by atoms with Crippen molar-refractivity contribution in [3.8, 4) is 23.0 Å². The molecule has 0 saturated heterocycles. The fourth-order valence-corrected chi connectivity index (χ4v) is 3.02. The van der Waals surface area contributed by atoms with Gasteiger partial charge in [-0.2, -0.15) is 0 Å². The van der Waals surface area contributed by atoms with Gasteiger partial charge in [-0.25, -0.2) is 19.2 Å². The molecule has 0 unspecified atom stereocenters. The zero-order valence-electron chi connectivity index (χ0n) is 23.6. The summed E-state index contributed by atoms with van der Waals surface area (Å²) < 4.78 is 21.6. The Morgan fingerprint density at radius 2 is 0.625 bits per heavy atom. The van der Waals surface area contributed by atoms with E-state index in [4.69, 9.17) is 18.9 Å². The van der Waals surface area contributed by atoms with Crippen LogP contribution in [0, 0.1) is 0 Å². The molecule has 40 heavy (non-hydrogen) atoms. The average Bonchev–Trinajstić information content (AvgIpc) is 2.87. The number of allylic oxidation sites excluding steroid dienone is 2. The largest absolute Gasteiger partial charge is 0.423 e. The molecule has 2 rings (SSSR count). The number of hydrogen-bond acceptors (Lipinski definition) is 8. The first-order valence-electron chi connectivity index (χ1n) is 12.1. The van der Waals surface area contributed by atoms with Crippen molar-refractivity contribution in [3.05, 3.63) is 96.1 Å². The summed E-state index contributed by atoms with van der Waals surface area (Å²) in [7, 11) is 0. The summed E-state index contributed by atoms with van der Waals surface area (Å²) in [6.07, 6.45) is 0. The van der Waals surface area contributed by atoms with Crippen molar-refractivity contribution in [1.29, 1.82) is 0 Å². The second-order valence-electron chi connectivity index (χ2n) is 9.32. The van der Waals surface area contributed by atoms with E-state index in [1.165, 1.54) is 39.8 Å². The maximum Gasteiger partial charge on any atom is 0.338 e. The molecule has 8 nitrogen and oxygen atoms in total. The molecule has 208 valence electrons. The van der Waals surface area contributed by atoms with E-state index in [-0.39, 0.29) is 45.3 Å². The third-order valence-corrected chi connectivity index (χ3v) is 5.42. The Hall–Kier alpha value is -4.98. The van der Waals surface area contributed by atoms with Crippen molar-refractivity contribution in [1.82, 2.24) is 0 Å². The van der Waals surface area contributed by atoms with Crippen LogP contribution >= 0.6 is 0 Å². The van der Waals surface area contributed by atoms with Gasteiger partial charge in [-0.3, -0.25) is 0 Å². The topological polar surface area (TPSA) is 105 Å². The molecule has 0 aromatic heterocycles. The zero-order chi connectivity index (χ0) is 30.3. The number of esters is 4. The van der Waals surface area contributed by atoms with Gasteiger partial charge in [-0.05, 0) is 88.1 Å². The number of carbonyl (C=O) groups is 4. The van der Waals surface area contributed by atoms with E-state index in [9.17, 15) is 19.2 Å². The molecule has 8 heteroatoms. The molecule has 0 aliphatic rings. The molecule has 0 N–H and O–H groups in total. The van der Waals surface area contributed by atoms with Crippen LogP contribution in [0.4, 0.5) is 0 Å². The van der Waals surface area contributed by atoms with Crippen molar-refractivity contribution >= 4 is 35.0 Å². The maximum absolute atomic E-state index is 12.2. The van der Waals surface area contributed by atoms with Gasteiger partial charge in [0.2, 0.25) is 0 Å². The highest BCUT2D eigenvalue weighted by atomic mass is 16.6. The van der Waals surface area contributed by atoms with Crippen LogP contribution in [0.25, 0.3) is 11.1 Å². The van der Waals surface area contributed by atoms with Crippen LogP contribution in [0.3, 0.4) is 0 Å². The van der Waals surface area contributed by atoms with E-state index >= 15 is 0 Å². The minimum Gasteiger partial charge on any atom is -0.423 e. The summed E-state index contributed by atoms with van der Waals surface area (Å²) in [5.41, 5.74) is 3.22. The molecule has 0 bridgehead atoms. The maximum atomic E-state index is 12.2. The summed E-state index contributed by atoms with van der Waals surface area (Å²) in [6, 6.07) is 9.21. The molecular formula is C32H32O8. The number of carbonyl (C=O) groups excluding carboxylic acids is 4. The number of hydrogen-bond donors (Lipinski definition) is 0. The highest BCUT2D eigenvalue weighted by Crippen LogP contribution is 2.35. The summed E-state index contributed by atoms with van der Waals surface area (Å²) >= 11 is 0. The lowest BCUT2D eigenvalue weighted by Crippen LogP contribution is -2.11. The Morgan fingerprint density at radius 3 is 0.800 bits per heavy atom. The minimum absolute atomic E-state index is 0.127. The smallest absolute Gasteiger partial charge is 0.338 e. The summed E-state index contributed by atoms with van der Waals surface area (Å²) in [5, 5.41) is 0. The summed E-state index contributed by atoms with van der Waals surface area (Å²) in [6.45, 7) is 24.0. The van der Waals surface area contributed by atoms with Crippen molar-refractivity contribution in [2.24, 2.45) is 0 Å². The van der Waals surface area contributed by atoms with Crippen molar-refractivity contribution < 1.29 is 38.1 Å². The SMILES string of the molecule is C=C(C)C(=O)Oc1cc(OC(=O)C(=C)C)cc(/C(C)=C(\C)c2cc(OC(=O)C(=C)C)cc(OC(=O)C(=C)C)c2)c1. The average molecular weight is 545 g/mol. The van der Waals surface area contributed by atoms with Crippen LogP contribution in [0.15, 0.2) is 85.0 Å². The lowest BCUT2D eigenvalue weighted by molar-refractivity contribution is -0.131. The van der Waals surface area contributed by atoms with E-state index < -0.39 is 23.9 Å². The Balaban J connectivity index is 2.68. The molecule has 2 aromatic carbocycles. The Labute approximate surface area is 233 Å². The third-order valence-electron chi connectivity index (χ3n) is 5.42. The first-order valence-corrected chi connectivity index (χ1v) is 12.1. The molecule has 0 atom stereocenters. The van der Waals surface area contributed by atoms with Crippen LogP contribution in [0.1, 0.15) is 52.7 Å². The molecule has 0 fully saturated rings. The Morgan fingerprint density at radius 1 is 0.425 bits per heavy atom. The molecule has 0 aliphatic heterocycles. The van der Waals surface area contributed by atoms with Gasteiger partial charge < -0.3 is 18.9 Å². The van der Waals surface area contributed by atoms with Crippen molar-refractivity contribution in [2.75, 3.05) is 0 Å². The molecule has 0 aliphatic carbocycles. The fraction of sp³-hybridized carbons (Fsp3) is 0.188. The van der Waals surface area contributed by atoms with Gasteiger partial charge in [0.15, 0.2) is 0 Å². The summed E-state index contributed by atoms with van der Waals surface area (Å²) in [4.78, 5) is 48.7. The number of benzene rings is 2. The van der Waals surface area contributed by atoms with Crippen LogP contribution < -0.4 is 18.9 Å². The molecule has 0 amide bonds. The summed E-state index contributed by atoms with van der Waals surface area (Å²) in [5.74, 6) is -2.09. The van der Waals surface area contributed by atoms with Gasteiger partial charge in [-0.15, -0.1) is 0 Å². The van der Waals surface area contributed by atoms with Crippen LogP contribution in [-0.4, -0.2) is 23.9 Å². The predicted octanol–water partition coefficient (Wildman–Crippen LogP) is 6.56. The molecule has 2 aromatic rings. The van der Waals surface area contributed by atoms with E-state index in [0.29, 0.717) is 22.3 Å². The van der Waals surface area contributed by atoms with E-state index in [2.05, 4.69) is 26.3 Å². The monoisotopic (exact) mass is 544 g/mol. The first-order chi connectivity index (χ1) is 18.6. The molecular weight excluding hydrogens is 512 g/mol. The molecule has 0 spiro atoms. The standard InChI is InChI=1S/C32H32O8/c1-17(2)29(33)37-25-11-23(12-26(15-25)38-30(34)18(3)4)21(9)22(10)24-13-27(39-31(35)19(5)6)16-28(14-24)40-32(36)20(7)8/h11-16H,1,3,5,7H2,2,4,6,8-10H3/b22-21+. The van der Waals surface area contributed by atoms with Crippen molar-refractivity contribution in [3.63, 3.8) is 0 Å². The third kappa shape index (κ3) is 8.52. The second-order valence-corrected chi connectivity index (χ2v) is 9.32. The molecule has 0 heterocycles. The molecule has 0 radical (unpaired) electrons. The Bertz CT molecular complexity index is 1280. The van der Waals surface area contributed by atoms with Crippen molar-refractivity contribution in [2.45, 2.75) is 41.5 Å². The van der Waals surface area contributed by atoms with Gasteiger partial charge in [-0.1, -0.05) is 26.3 Å². The predicted molar refractivity (Wildman–Crippen MR) is 153 cm³/mol. The van der Waals surface area contributed by atoms with Gasteiger partial charge in [0.25, 0.3) is 0 Å². The molecule has 0 saturated carbocycles. The van der Waals surface area contributed by atoms with E-state index in [1.807, 2.05) is 0 Å². The highest BCUT2D eigenvalue weighted by Gasteiger charge is 2.16. The van der Waals surface area contributed by atoms with E-state index in [0.717, 1.165) is 0 Å². The fourth-order valence-electron chi connectivity index (χ4n) is 3.02. The van der Waals surface area contributed by atoms with Crippen LogP contribution in [0.5, 0.6) is 23.0 Å². The zero-order valence-corrected chi connectivity index (χ0v) is 23.6. The number of ether oxygens (including phenoxy) is 4. The van der Waals surface area contributed by atoms with Gasteiger partial charge in [0.1, 0.15) is 23.0 Å².